The molecule has 21 heavy (non-hydrogen) atoms. The molecule has 1 aromatic rings. The predicted molar refractivity (Wildman–Crippen MR) is 74.4 cm³/mol. The molecule has 0 aliphatic rings. The van der Waals surface area contributed by atoms with Crippen LogP contribution < -0.4 is 4.90 Å². The maximum absolute atomic E-state index is 11.1. The Labute approximate surface area is 121 Å². The van der Waals surface area contributed by atoms with Crippen LogP contribution in [0.4, 0.5) is 11.4 Å². The normalized spacial score (nSPS) is 9.90. The number of aromatic carboxylic acids is 1. The van der Waals surface area contributed by atoms with E-state index >= 15 is 0 Å². The molecule has 0 unspecified atom stereocenters. The third kappa shape index (κ3) is 4.43. The van der Waals surface area contributed by atoms with Crippen LogP contribution in [0.25, 0.3) is 0 Å². The van der Waals surface area contributed by atoms with Crippen LogP contribution in [-0.2, 0) is 4.74 Å². The quantitative estimate of drug-likeness (QED) is 0.572. The topological polar surface area (TPSA) is 117 Å². The molecule has 112 valence electrons. The second-order valence-corrected chi connectivity index (χ2v) is 4.15. The average Bonchev–Trinajstić information content (AvgIpc) is 2.46. The average molecular weight is 293 g/mol. The molecular formula is C13H15N3O5. The highest BCUT2D eigenvalue weighted by Crippen LogP contribution is 2.25. The molecule has 8 heteroatoms. The van der Waals surface area contributed by atoms with Crippen molar-refractivity contribution < 1.29 is 19.6 Å². The fourth-order valence-electron chi connectivity index (χ4n) is 1.81. The lowest BCUT2D eigenvalue weighted by atomic mass is 10.1. The van der Waals surface area contributed by atoms with E-state index in [9.17, 15) is 14.9 Å². The van der Waals surface area contributed by atoms with Crippen LogP contribution in [-0.4, -0.2) is 42.8 Å². The zero-order chi connectivity index (χ0) is 15.8. The standard InChI is InChI=1S/C13H15N3O5/c1-21-8-7-15(6-2-5-14)10-3-4-12(16(19)20)11(9-10)13(17)18/h3-4,9H,2,6-8H2,1H3,(H,17,18). The Morgan fingerprint density at radius 3 is 2.76 bits per heavy atom. The summed E-state index contributed by atoms with van der Waals surface area (Å²) >= 11 is 0. The monoisotopic (exact) mass is 293 g/mol. The van der Waals surface area contributed by atoms with E-state index in [0.29, 0.717) is 25.4 Å². The number of benzene rings is 1. The van der Waals surface area contributed by atoms with Gasteiger partial charge in [-0.1, -0.05) is 0 Å². The maximum Gasteiger partial charge on any atom is 0.342 e. The van der Waals surface area contributed by atoms with Crippen molar-refractivity contribution in [1.82, 2.24) is 0 Å². The van der Waals surface area contributed by atoms with Crippen molar-refractivity contribution >= 4 is 17.3 Å². The number of hydrogen-bond donors (Lipinski definition) is 1. The smallest absolute Gasteiger partial charge is 0.342 e. The van der Waals surface area contributed by atoms with Crippen LogP contribution in [0, 0.1) is 21.4 Å². The molecule has 0 bridgehead atoms. The van der Waals surface area contributed by atoms with Crippen molar-refractivity contribution in [1.29, 1.82) is 5.26 Å². The van der Waals surface area contributed by atoms with Crippen LogP contribution in [0.15, 0.2) is 18.2 Å². The minimum atomic E-state index is -1.37. The Kier molecular flexibility index (Phi) is 6.10. The second kappa shape index (κ2) is 7.81. The number of carboxylic acids is 1. The largest absolute Gasteiger partial charge is 0.477 e. The minimum absolute atomic E-state index is 0.253. The van der Waals surface area contributed by atoms with E-state index in [1.807, 2.05) is 6.07 Å². The molecule has 1 rings (SSSR count). The van der Waals surface area contributed by atoms with Gasteiger partial charge in [-0.2, -0.15) is 5.26 Å². The van der Waals surface area contributed by atoms with Gasteiger partial charge in [0.15, 0.2) is 0 Å². The summed E-state index contributed by atoms with van der Waals surface area (Å²) in [5, 5.41) is 28.5. The van der Waals surface area contributed by atoms with Gasteiger partial charge in [-0.25, -0.2) is 4.79 Å². The first-order chi connectivity index (χ1) is 10.0. The number of methoxy groups -OCH3 is 1. The summed E-state index contributed by atoms with van der Waals surface area (Å²) in [7, 11) is 1.53. The van der Waals surface area contributed by atoms with Crippen LogP contribution >= 0.6 is 0 Å². The lowest BCUT2D eigenvalue weighted by molar-refractivity contribution is -0.385. The highest BCUT2D eigenvalue weighted by atomic mass is 16.6. The van der Waals surface area contributed by atoms with Gasteiger partial charge in [0.25, 0.3) is 5.69 Å². The van der Waals surface area contributed by atoms with E-state index in [2.05, 4.69) is 0 Å². The first-order valence-electron chi connectivity index (χ1n) is 6.13. The van der Waals surface area contributed by atoms with Crippen LogP contribution in [0.2, 0.25) is 0 Å². The van der Waals surface area contributed by atoms with Crippen molar-refractivity contribution in [3.8, 4) is 6.07 Å². The molecule has 0 saturated carbocycles. The Balaban J connectivity index is 3.13. The fraction of sp³-hybridized carbons (Fsp3) is 0.385. The zero-order valence-corrected chi connectivity index (χ0v) is 11.5. The lowest BCUT2D eigenvalue weighted by Gasteiger charge is -2.23. The van der Waals surface area contributed by atoms with E-state index in [-0.39, 0.29) is 12.0 Å². The molecular weight excluding hydrogens is 278 g/mol. The number of nitro groups is 1. The number of carbonyl (C=O) groups is 1. The summed E-state index contributed by atoms with van der Waals surface area (Å²) in [6, 6.07) is 5.88. The number of hydrogen-bond acceptors (Lipinski definition) is 6. The number of anilines is 1. The van der Waals surface area contributed by atoms with Gasteiger partial charge in [0.2, 0.25) is 0 Å². The molecule has 1 aromatic carbocycles. The summed E-state index contributed by atoms with van der Waals surface area (Å²) in [5.41, 5.74) is -0.333. The second-order valence-electron chi connectivity index (χ2n) is 4.15. The Bertz CT molecular complexity index is 567. The number of nitro benzene ring substituents is 1. The van der Waals surface area contributed by atoms with Gasteiger partial charge in [0.05, 0.1) is 24.0 Å². The van der Waals surface area contributed by atoms with Gasteiger partial charge in [0, 0.05) is 32.0 Å². The molecule has 0 atom stereocenters. The van der Waals surface area contributed by atoms with E-state index in [1.165, 1.54) is 19.2 Å². The van der Waals surface area contributed by atoms with E-state index in [0.717, 1.165) is 6.07 Å². The zero-order valence-electron chi connectivity index (χ0n) is 11.5. The fourth-order valence-corrected chi connectivity index (χ4v) is 1.81. The summed E-state index contributed by atoms with van der Waals surface area (Å²) < 4.78 is 4.96. The van der Waals surface area contributed by atoms with Gasteiger partial charge in [-0.05, 0) is 12.1 Å². The SMILES string of the molecule is COCCN(CCC#N)c1ccc([N+](=O)[O-])c(C(=O)O)c1. The molecule has 0 aliphatic heterocycles. The van der Waals surface area contributed by atoms with Crippen molar-refractivity contribution in [2.75, 3.05) is 31.7 Å². The van der Waals surface area contributed by atoms with Crippen LogP contribution in [0.1, 0.15) is 16.8 Å². The maximum atomic E-state index is 11.1. The van der Waals surface area contributed by atoms with Gasteiger partial charge in [-0.15, -0.1) is 0 Å². The van der Waals surface area contributed by atoms with Crippen molar-refractivity contribution in [3.63, 3.8) is 0 Å². The summed E-state index contributed by atoms with van der Waals surface area (Å²) in [6.45, 7) is 1.23. The van der Waals surface area contributed by atoms with Crippen molar-refractivity contribution in [2.45, 2.75) is 6.42 Å². The number of rotatable bonds is 8. The number of carboxylic acid groups (broad SMARTS) is 1. The van der Waals surface area contributed by atoms with Crippen molar-refractivity contribution in [3.05, 3.63) is 33.9 Å². The lowest BCUT2D eigenvalue weighted by Crippen LogP contribution is -2.28. The van der Waals surface area contributed by atoms with E-state index < -0.39 is 16.6 Å². The highest BCUT2D eigenvalue weighted by Gasteiger charge is 2.21. The molecule has 0 amide bonds. The summed E-state index contributed by atoms with van der Waals surface area (Å²) in [4.78, 5) is 23.0. The molecule has 0 saturated heterocycles. The Hall–Kier alpha value is -2.66. The van der Waals surface area contributed by atoms with Gasteiger partial charge < -0.3 is 14.7 Å². The third-order valence-electron chi connectivity index (χ3n) is 2.83. The summed E-state index contributed by atoms with van der Waals surface area (Å²) in [5.74, 6) is -1.37. The van der Waals surface area contributed by atoms with E-state index in [1.54, 1.807) is 4.90 Å². The number of nitrogens with zero attached hydrogens (tertiary/aromatic N) is 3. The third-order valence-corrected chi connectivity index (χ3v) is 2.83. The summed E-state index contributed by atoms with van der Waals surface area (Å²) in [6.07, 6.45) is 0.253. The van der Waals surface area contributed by atoms with Crippen LogP contribution in [0.3, 0.4) is 0 Å². The molecule has 0 fully saturated rings. The highest BCUT2D eigenvalue weighted by molar-refractivity contribution is 5.93. The van der Waals surface area contributed by atoms with Crippen LogP contribution in [0.5, 0.6) is 0 Å². The molecule has 0 aliphatic carbocycles. The first-order valence-corrected chi connectivity index (χ1v) is 6.13. The molecule has 0 aromatic heterocycles. The molecule has 0 spiro atoms. The molecule has 0 radical (unpaired) electrons. The Morgan fingerprint density at radius 2 is 2.24 bits per heavy atom. The van der Waals surface area contributed by atoms with Gasteiger partial charge >= 0.3 is 5.97 Å². The predicted octanol–water partition coefficient (Wildman–Crippen LogP) is 1.66. The first kappa shape index (κ1) is 16.4. The minimum Gasteiger partial charge on any atom is -0.477 e. The number of ether oxygens (including phenoxy) is 1. The van der Waals surface area contributed by atoms with E-state index in [4.69, 9.17) is 15.1 Å². The van der Waals surface area contributed by atoms with Gasteiger partial charge in [-0.3, -0.25) is 10.1 Å². The molecule has 1 N–H and O–H groups in total. The molecule has 0 heterocycles. The molecule has 8 nitrogen and oxygen atoms in total. The number of nitriles is 1. The van der Waals surface area contributed by atoms with Crippen molar-refractivity contribution in [2.24, 2.45) is 0 Å². The van der Waals surface area contributed by atoms with Gasteiger partial charge in [0.1, 0.15) is 5.56 Å². The Morgan fingerprint density at radius 1 is 1.52 bits per heavy atom.